The van der Waals surface area contributed by atoms with Gasteiger partial charge in [-0.2, -0.15) is 0 Å². The Labute approximate surface area is 104 Å². The first-order valence-corrected chi connectivity index (χ1v) is 6.74. The van der Waals surface area contributed by atoms with Gasteiger partial charge in [-0.25, -0.2) is 0 Å². The fraction of sp³-hybridized carbons (Fsp3) is 0.923. The maximum absolute atomic E-state index is 12.8. The van der Waals surface area contributed by atoms with Gasteiger partial charge in [0.25, 0.3) is 0 Å². The van der Waals surface area contributed by atoms with Gasteiger partial charge in [-0.3, -0.25) is 4.79 Å². The first-order chi connectivity index (χ1) is 8.00. The molecule has 4 nitrogen and oxygen atoms in total. The standard InChI is InChI=1S/C13H25N2O2/c1-5-12(6-2)9-11(16)14-10-13(7-3,8-4)15(12)17/h5-10H2,1-4H3,(H,14,16). The van der Waals surface area contributed by atoms with Crippen LogP contribution in [0.15, 0.2) is 0 Å². The van der Waals surface area contributed by atoms with Gasteiger partial charge in [0.15, 0.2) is 0 Å². The van der Waals surface area contributed by atoms with Gasteiger partial charge in [0.2, 0.25) is 5.91 Å². The predicted molar refractivity (Wildman–Crippen MR) is 66.8 cm³/mol. The van der Waals surface area contributed by atoms with Crippen molar-refractivity contribution in [2.45, 2.75) is 70.9 Å². The highest BCUT2D eigenvalue weighted by Gasteiger charge is 2.49. The summed E-state index contributed by atoms with van der Waals surface area (Å²) in [6.45, 7) is 8.54. The van der Waals surface area contributed by atoms with Crippen molar-refractivity contribution in [3.05, 3.63) is 0 Å². The number of carbonyl (C=O) groups is 1. The van der Waals surface area contributed by atoms with E-state index in [-0.39, 0.29) is 5.91 Å². The quantitative estimate of drug-likeness (QED) is 0.821. The molecular weight excluding hydrogens is 216 g/mol. The lowest BCUT2D eigenvalue weighted by Crippen LogP contribution is -2.58. The molecule has 0 saturated carbocycles. The molecule has 0 aromatic heterocycles. The van der Waals surface area contributed by atoms with Crippen LogP contribution in [0.1, 0.15) is 59.8 Å². The molecule has 0 spiro atoms. The Morgan fingerprint density at radius 2 is 1.53 bits per heavy atom. The molecule has 1 fully saturated rings. The van der Waals surface area contributed by atoms with Crippen LogP contribution in [-0.4, -0.2) is 28.6 Å². The number of rotatable bonds is 4. The molecule has 0 aliphatic carbocycles. The van der Waals surface area contributed by atoms with Gasteiger partial charge < -0.3 is 5.32 Å². The average Bonchev–Trinajstić information content (AvgIpc) is 2.47. The monoisotopic (exact) mass is 241 g/mol. The molecule has 4 heteroatoms. The van der Waals surface area contributed by atoms with Crippen LogP contribution < -0.4 is 5.32 Å². The summed E-state index contributed by atoms with van der Waals surface area (Å²) >= 11 is 0. The largest absolute Gasteiger partial charge is 0.354 e. The van der Waals surface area contributed by atoms with Crippen molar-refractivity contribution in [2.75, 3.05) is 6.54 Å². The van der Waals surface area contributed by atoms with Crippen molar-refractivity contribution in [3.63, 3.8) is 0 Å². The van der Waals surface area contributed by atoms with Crippen LogP contribution in [0.3, 0.4) is 0 Å². The van der Waals surface area contributed by atoms with Gasteiger partial charge in [0, 0.05) is 13.0 Å². The molecule has 0 aromatic carbocycles. The molecule has 17 heavy (non-hydrogen) atoms. The zero-order valence-electron chi connectivity index (χ0n) is 11.5. The molecule has 1 aliphatic heterocycles. The summed E-state index contributed by atoms with van der Waals surface area (Å²) in [5.74, 6) is 0.0123. The molecule has 1 saturated heterocycles. The van der Waals surface area contributed by atoms with Crippen molar-refractivity contribution in [1.29, 1.82) is 0 Å². The lowest BCUT2D eigenvalue weighted by atomic mass is 9.83. The number of nitrogens with one attached hydrogen (secondary N) is 1. The van der Waals surface area contributed by atoms with E-state index >= 15 is 0 Å². The minimum absolute atomic E-state index is 0.0123. The lowest BCUT2D eigenvalue weighted by Gasteiger charge is -2.45. The molecule has 0 unspecified atom stereocenters. The normalized spacial score (nSPS) is 24.2. The highest BCUT2D eigenvalue weighted by Crippen LogP contribution is 2.37. The maximum atomic E-state index is 12.8. The van der Waals surface area contributed by atoms with Crippen LogP contribution in [0, 0.1) is 0 Å². The van der Waals surface area contributed by atoms with E-state index in [2.05, 4.69) is 5.32 Å². The molecule has 1 aliphatic rings. The van der Waals surface area contributed by atoms with Crippen molar-refractivity contribution in [3.8, 4) is 0 Å². The number of amides is 1. The summed E-state index contributed by atoms with van der Waals surface area (Å²) in [6, 6.07) is 0. The number of nitrogens with zero attached hydrogens (tertiary/aromatic N) is 1. The molecule has 0 atom stereocenters. The second-order valence-electron chi connectivity index (χ2n) is 5.11. The summed E-state index contributed by atoms with van der Waals surface area (Å²) in [4.78, 5) is 11.8. The Morgan fingerprint density at radius 3 is 1.94 bits per heavy atom. The summed E-state index contributed by atoms with van der Waals surface area (Å²) in [7, 11) is 0. The van der Waals surface area contributed by atoms with Gasteiger partial charge in [-0.05, 0) is 25.7 Å². The number of carbonyl (C=O) groups excluding carboxylic acids is 1. The first kappa shape index (κ1) is 14.5. The van der Waals surface area contributed by atoms with E-state index in [0.29, 0.717) is 13.0 Å². The second-order valence-corrected chi connectivity index (χ2v) is 5.11. The minimum Gasteiger partial charge on any atom is -0.354 e. The minimum atomic E-state index is -0.521. The maximum Gasteiger partial charge on any atom is 0.222 e. The third kappa shape index (κ3) is 2.33. The highest BCUT2D eigenvalue weighted by molar-refractivity contribution is 5.77. The Bertz CT molecular complexity index is 271. The molecule has 1 N–H and O–H groups in total. The Balaban J connectivity index is 3.16. The average molecular weight is 241 g/mol. The van der Waals surface area contributed by atoms with Gasteiger partial charge in [0.05, 0.1) is 11.1 Å². The fourth-order valence-electron chi connectivity index (χ4n) is 2.85. The lowest BCUT2D eigenvalue weighted by molar-refractivity contribution is -0.286. The van der Waals surface area contributed by atoms with Crippen LogP contribution >= 0.6 is 0 Å². The Kier molecular flexibility index (Phi) is 4.55. The van der Waals surface area contributed by atoms with Crippen molar-refractivity contribution in [2.24, 2.45) is 0 Å². The van der Waals surface area contributed by atoms with E-state index in [1.165, 1.54) is 5.06 Å². The Morgan fingerprint density at radius 1 is 1.06 bits per heavy atom. The molecule has 1 radical (unpaired) electrons. The third-order valence-corrected chi connectivity index (χ3v) is 4.60. The van der Waals surface area contributed by atoms with Gasteiger partial charge in [-0.1, -0.05) is 27.7 Å². The number of hydrogen-bond acceptors (Lipinski definition) is 2. The molecule has 1 rings (SSSR count). The number of hydroxylamine groups is 2. The van der Waals surface area contributed by atoms with Gasteiger partial charge in [0.1, 0.15) is 0 Å². The van der Waals surface area contributed by atoms with E-state index < -0.39 is 11.1 Å². The van der Waals surface area contributed by atoms with Crippen molar-refractivity contribution in [1.82, 2.24) is 10.4 Å². The van der Waals surface area contributed by atoms with Gasteiger partial charge >= 0.3 is 0 Å². The van der Waals surface area contributed by atoms with E-state index in [9.17, 15) is 10.0 Å². The molecule has 99 valence electrons. The molecule has 0 bridgehead atoms. The van der Waals surface area contributed by atoms with Crippen molar-refractivity contribution >= 4 is 5.91 Å². The fourth-order valence-corrected chi connectivity index (χ4v) is 2.85. The third-order valence-electron chi connectivity index (χ3n) is 4.60. The molecular formula is C13H25N2O2. The summed E-state index contributed by atoms with van der Waals surface area (Å²) in [5.41, 5.74) is -0.954. The summed E-state index contributed by atoms with van der Waals surface area (Å²) < 4.78 is 0. The Hall–Kier alpha value is -0.610. The SMILES string of the molecule is CCC1(CC)CNC(=O)CC(CC)(CC)N1[O]. The van der Waals surface area contributed by atoms with Gasteiger partial charge in [-0.15, -0.1) is 10.3 Å². The van der Waals surface area contributed by atoms with Crippen LogP contribution in [0.2, 0.25) is 0 Å². The highest BCUT2D eigenvalue weighted by atomic mass is 16.5. The first-order valence-electron chi connectivity index (χ1n) is 6.74. The van der Waals surface area contributed by atoms with E-state index in [1.54, 1.807) is 0 Å². The van der Waals surface area contributed by atoms with E-state index in [1.807, 2.05) is 27.7 Å². The van der Waals surface area contributed by atoms with Crippen LogP contribution in [0.25, 0.3) is 0 Å². The van der Waals surface area contributed by atoms with Crippen molar-refractivity contribution < 1.29 is 10.0 Å². The predicted octanol–water partition coefficient (Wildman–Crippen LogP) is 2.27. The topological polar surface area (TPSA) is 52.2 Å². The molecule has 1 heterocycles. The summed E-state index contributed by atoms with van der Waals surface area (Å²) in [6.07, 6.45) is 3.32. The van der Waals surface area contributed by atoms with Crippen LogP contribution in [0.5, 0.6) is 0 Å². The zero-order valence-corrected chi connectivity index (χ0v) is 11.5. The van der Waals surface area contributed by atoms with Crippen LogP contribution in [0.4, 0.5) is 0 Å². The summed E-state index contributed by atoms with van der Waals surface area (Å²) in [5, 5.41) is 16.9. The molecule has 0 aromatic rings. The van der Waals surface area contributed by atoms with E-state index in [4.69, 9.17) is 0 Å². The zero-order chi connectivity index (χ0) is 13.1. The smallest absolute Gasteiger partial charge is 0.222 e. The second kappa shape index (κ2) is 5.36. The molecule has 1 amide bonds. The van der Waals surface area contributed by atoms with E-state index in [0.717, 1.165) is 25.7 Å². The number of hydrogen-bond donors (Lipinski definition) is 1. The van der Waals surface area contributed by atoms with Crippen LogP contribution in [-0.2, 0) is 10.0 Å².